The van der Waals surface area contributed by atoms with Crippen molar-refractivity contribution < 1.29 is 19.8 Å². The van der Waals surface area contributed by atoms with Gasteiger partial charge in [0, 0.05) is 13.0 Å². The highest BCUT2D eigenvalue weighted by Gasteiger charge is 2.19. The van der Waals surface area contributed by atoms with Crippen LogP contribution < -0.4 is 10.6 Å². The minimum absolute atomic E-state index is 0.0652. The minimum Gasteiger partial charge on any atom is -0.480 e. The van der Waals surface area contributed by atoms with E-state index in [1.807, 2.05) is 6.92 Å². The number of urea groups is 1. The summed E-state index contributed by atoms with van der Waals surface area (Å²) < 4.78 is 0. The second kappa shape index (κ2) is 6.96. The summed E-state index contributed by atoms with van der Waals surface area (Å²) >= 11 is 5.90. The SMILES string of the molecule is Cc1ccc(Cl)c(NC(=O)N[C@@H](CCO)C(=O)O)c1. The third-order valence-corrected chi connectivity index (χ3v) is 2.72. The van der Waals surface area contributed by atoms with Gasteiger partial charge in [-0.2, -0.15) is 0 Å². The van der Waals surface area contributed by atoms with Crippen LogP contribution in [0.1, 0.15) is 12.0 Å². The van der Waals surface area contributed by atoms with Crippen LogP contribution in [-0.2, 0) is 4.79 Å². The van der Waals surface area contributed by atoms with Crippen LogP contribution in [0.3, 0.4) is 0 Å². The molecule has 0 heterocycles. The van der Waals surface area contributed by atoms with Crippen molar-refractivity contribution in [1.82, 2.24) is 5.32 Å². The molecule has 0 aromatic heterocycles. The van der Waals surface area contributed by atoms with E-state index >= 15 is 0 Å². The number of halogens is 1. The number of rotatable bonds is 5. The number of carbonyl (C=O) groups excluding carboxylic acids is 1. The molecule has 0 aliphatic carbocycles. The first-order valence-electron chi connectivity index (χ1n) is 5.61. The minimum atomic E-state index is -1.21. The summed E-state index contributed by atoms with van der Waals surface area (Å²) in [4.78, 5) is 22.5. The summed E-state index contributed by atoms with van der Waals surface area (Å²) in [7, 11) is 0. The quantitative estimate of drug-likeness (QED) is 0.661. The fraction of sp³-hybridized carbons (Fsp3) is 0.333. The Morgan fingerprint density at radius 1 is 1.42 bits per heavy atom. The number of carbonyl (C=O) groups is 2. The van der Waals surface area contributed by atoms with Gasteiger partial charge in [-0.05, 0) is 24.6 Å². The molecule has 0 aliphatic heterocycles. The number of aliphatic hydroxyl groups is 1. The largest absolute Gasteiger partial charge is 0.480 e. The van der Waals surface area contributed by atoms with Crippen molar-refractivity contribution in [3.8, 4) is 0 Å². The Morgan fingerprint density at radius 2 is 2.11 bits per heavy atom. The molecule has 0 fully saturated rings. The van der Waals surface area contributed by atoms with Crippen LogP contribution in [0.15, 0.2) is 18.2 Å². The molecule has 19 heavy (non-hydrogen) atoms. The maximum absolute atomic E-state index is 11.6. The van der Waals surface area contributed by atoms with Crippen LogP contribution in [0.4, 0.5) is 10.5 Å². The molecule has 1 aromatic rings. The molecule has 1 rings (SSSR count). The lowest BCUT2D eigenvalue weighted by Gasteiger charge is -2.14. The molecule has 0 saturated carbocycles. The Hall–Kier alpha value is -1.79. The fourth-order valence-corrected chi connectivity index (χ4v) is 1.60. The van der Waals surface area contributed by atoms with Gasteiger partial charge in [-0.3, -0.25) is 0 Å². The molecule has 0 saturated heterocycles. The second-order valence-electron chi connectivity index (χ2n) is 3.98. The molecule has 104 valence electrons. The molecular formula is C12H15ClN2O4. The smallest absolute Gasteiger partial charge is 0.326 e. The number of hydrogen-bond acceptors (Lipinski definition) is 3. The Kier molecular flexibility index (Phi) is 5.59. The standard InChI is InChI=1S/C12H15ClN2O4/c1-7-2-3-8(13)10(6-7)15-12(19)14-9(4-5-16)11(17)18/h2-3,6,9,16H,4-5H2,1H3,(H,17,18)(H2,14,15,19)/t9-/m0/s1. The zero-order valence-corrected chi connectivity index (χ0v) is 11.1. The first kappa shape index (κ1) is 15.3. The number of aryl methyl sites for hydroxylation is 1. The molecular weight excluding hydrogens is 272 g/mol. The number of amides is 2. The average Bonchev–Trinajstić information content (AvgIpc) is 2.33. The van der Waals surface area contributed by atoms with Crippen molar-refractivity contribution in [1.29, 1.82) is 0 Å². The Bertz CT molecular complexity index is 479. The van der Waals surface area contributed by atoms with E-state index in [0.717, 1.165) is 5.56 Å². The van der Waals surface area contributed by atoms with Crippen LogP contribution in [0.25, 0.3) is 0 Å². The Labute approximate surface area is 115 Å². The van der Waals surface area contributed by atoms with Gasteiger partial charge in [-0.25, -0.2) is 9.59 Å². The summed E-state index contributed by atoms with van der Waals surface area (Å²) in [6.07, 6.45) is -0.0652. The lowest BCUT2D eigenvalue weighted by atomic mass is 10.2. The number of aliphatic hydroxyl groups excluding tert-OH is 1. The maximum atomic E-state index is 11.6. The van der Waals surface area contributed by atoms with Crippen molar-refractivity contribution in [2.24, 2.45) is 0 Å². The van der Waals surface area contributed by atoms with E-state index in [9.17, 15) is 9.59 Å². The zero-order valence-electron chi connectivity index (χ0n) is 10.3. The van der Waals surface area contributed by atoms with E-state index in [4.69, 9.17) is 21.8 Å². The third-order valence-electron chi connectivity index (χ3n) is 2.39. The van der Waals surface area contributed by atoms with Gasteiger partial charge in [-0.1, -0.05) is 17.7 Å². The summed E-state index contributed by atoms with van der Waals surface area (Å²) in [5.41, 5.74) is 1.30. The summed E-state index contributed by atoms with van der Waals surface area (Å²) in [6.45, 7) is 1.51. The van der Waals surface area contributed by atoms with E-state index < -0.39 is 18.0 Å². The number of nitrogens with one attached hydrogen (secondary N) is 2. The first-order valence-corrected chi connectivity index (χ1v) is 5.99. The van der Waals surface area contributed by atoms with Crippen LogP contribution in [-0.4, -0.2) is 34.9 Å². The summed E-state index contributed by atoms with van der Waals surface area (Å²) in [6, 6.07) is 3.26. The van der Waals surface area contributed by atoms with Crippen molar-refractivity contribution >= 4 is 29.3 Å². The van der Waals surface area contributed by atoms with Crippen LogP contribution >= 0.6 is 11.6 Å². The van der Waals surface area contributed by atoms with E-state index in [1.54, 1.807) is 18.2 Å². The normalized spacial score (nSPS) is 11.7. The number of carboxylic acids is 1. The van der Waals surface area contributed by atoms with Gasteiger partial charge < -0.3 is 20.8 Å². The highest BCUT2D eigenvalue weighted by Crippen LogP contribution is 2.22. The van der Waals surface area contributed by atoms with Gasteiger partial charge >= 0.3 is 12.0 Å². The van der Waals surface area contributed by atoms with E-state index in [0.29, 0.717) is 10.7 Å². The van der Waals surface area contributed by atoms with Crippen molar-refractivity contribution in [3.05, 3.63) is 28.8 Å². The topological polar surface area (TPSA) is 98.7 Å². The van der Waals surface area contributed by atoms with Gasteiger partial charge in [-0.15, -0.1) is 0 Å². The predicted octanol–water partition coefficient (Wildman–Crippen LogP) is 1.61. The number of anilines is 1. The Balaban J connectivity index is 2.68. The van der Waals surface area contributed by atoms with Crippen molar-refractivity contribution in [2.45, 2.75) is 19.4 Å². The number of aliphatic carboxylic acids is 1. The summed E-state index contributed by atoms with van der Waals surface area (Å²) in [5, 5.41) is 22.6. The molecule has 2 amide bonds. The van der Waals surface area contributed by atoms with Crippen LogP contribution in [0.5, 0.6) is 0 Å². The van der Waals surface area contributed by atoms with E-state index in [2.05, 4.69) is 10.6 Å². The Morgan fingerprint density at radius 3 is 2.68 bits per heavy atom. The zero-order chi connectivity index (χ0) is 14.4. The molecule has 4 N–H and O–H groups in total. The average molecular weight is 287 g/mol. The van der Waals surface area contributed by atoms with Gasteiger partial charge in [0.2, 0.25) is 0 Å². The van der Waals surface area contributed by atoms with Crippen molar-refractivity contribution in [3.63, 3.8) is 0 Å². The molecule has 1 atom stereocenters. The molecule has 7 heteroatoms. The van der Waals surface area contributed by atoms with E-state index in [1.165, 1.54) is 0 Å². The molecule has 0 spiro atoms. The van der Waals surface area contributed by atoms with Gasteiger partial charge in [0.15, 0.2) is 0 Å². The molecule has 0 radical (unpaired) electrons. The lowest BCUT2D eigenvalue weighted by molar-refractivity contribution is -0.139. The van der Waals surface area contributed by atoms with Crippen molar-refractivity contribution in [2.75, 3.05) is 11.9 Å². The number of benzene rings is 1. The number of hydrogen-bond donors (Lipinski definition) is 4. The molecule has 0 unspecified atom stereocenters. The second-order valence-corrected chi connectivity index (χ2v) is 4.39. The molecule has 0 aliphatic rings. The fourth-order valence-electron chi connectivity index (χ4n) is 1.44. The summed E-state index contributed by atoms with van der Waals surface area (Å²) in [5.74, 6) is -1.21. The maximum Gasteiger partial charge on any atom is 0.326 e. The third kappa shape index (κ3) is 4.76. The lowest BCUT2D eigenvalue weighted by Crippen LogP contribution is -2.43. The molecule has 6 nitrogen and oxygen atoms in total. The predicted molar refractivity (Wildman–Crippen MR) is 71.5 cm³/mol. The first-order chi connectivity index (χ1) is 8.93. The monoisotopic (exact) mass is 286 g/mol. The van der Waals surface area contributed by atoms with Gasteiger partial charge in [0.1, 0.15) is 6.04 Å². The van der Waals surface area contributed by atoms with Crippen LogP contribution in [0, 0.1) is 6.92 Å². The van der Waals surface area contributed by atoms with Gasteiger partial charge in [0.25, 0.3) is 0 Å². The molecule has 1 aromatic carbocycles. The highest BCUT2D eigenvalue weighted by molar-refractivity contribution is 6.33. The van der Waals surface area contributed by atoms with Gasteiger partial charge in [0.05, 0.1) is 10.7 Å². The highest BCUT2D eigenvalue weighted by atomic mass is 35.5. The number of carboxylic acid groups (broad SMARTS) is 1. The molecule has 0 bridgehead atoms. The van der Waals surface area contributed by atoms with E-state index in [-0.39, 0.29) is 13.0 Å². The van der Waals surface area contributed by atoms with Crippen LogP contribution in [0.2, 0.25) is 5.02 Å².